The molecule has 0 aliphatic carbocycles. The van der Waals surface area contributed by atoms with Crippen molar-refractivity contribution in [2.45, 2.75) is 18.6 Å². The number of carbonyl (C=O) groups excluding carboxylic acids is 1. The second-order valence-electron chi connectivity index (χ2n) is 7.32. The van der Waals surface area contributed by atoms with Crippen LogP contribution < -0.4 is 22.1 Å². The van der Waals surface area contributed by atoms with Crippen LogP contribution in [0.25, 0.3) is 0 Å². The summed E-state index contributed by atoms with van der Waals surface area (Å²) in [6.07, 6.45) is -0.662. The summed E-state index contributed by atoms with van der Waals surface area (Å²) in [6, 6.07) is 12.2. The van der Waals surface area contributed by atoms with Gasteiger partial charge in [-0.05, 0) is 60.5 Å². The summed E-state index contributed by atoms with van der Waals surface area (Å²) < 4.78 is 40.7. The molecule has 0 aliphatic rings. The molecule has 3 rings (SSSR count). The summed E-state index contributed by atoms with van der Waals surface area (Å²) in [5.74, 6) is -2.78. The molecule has 0 heterocycles. The van der Waals surface area contributed by atoms with Crippen molar-refractivity contribution in [1.29, 1.82) is 0 Å². The van der Waals surface area contributed by atoms with Crippen molar-refractivity contribution >= 4 is 40.8 Å². The number of nitrogens with zero attached hydrogens (tertiary/aromatic N) is 1. The van der Waals surface area contributed by atoms with Gasteiger partial charge in [0.15, 0.2) is 0 Å². The van der Waals surface area contributed by atoms with E-state index in [0.29, 0.717) is 5.56 Å². The number of hydrogen-bond donors (Lipinski definition) is 4. The lowest BCUT2D eigenvalue weighted by Gasteiger charge is -2.21. The van der Waals surface area contributed by atoms with E-state index in [1.807, 2.05) is 0 Å². The zero-order valence-electron chi connectivity index (χ0n) is 17.5. The van der Waals surface area contributed by atoms with Gasteiger partial charge in [0.25, 0.3) is 5.91 Å². The molecule has 0 saturated carbocycles. The minimum atomic E-state index is -0.829. The quantitative estimate of drug-likeness (QED) is 0.213. The maximum absolute atomic E-state index is 13.8. The summed E-state index contributed by atoms with van der Waals surface area (Å²) >= 11 is 11.6. The number of aliphatic imine (C=N–C) groups is 1. The van der Waals surface area contributed by atoms with Crippen LogP contribution in [0, 0.1) is 17.5 Å². The first-order valence-electron chi connectivity index (χ1n) is 9.95. The van der Waals surface area contributed by atoms with Crippen LogP contribution in [0.2, 0.25) is 10.0 Å². The lowest BCUT2D eigenvalue weighted by molar-refractivity contribution is 0.100. The Morgan fingerprint density at radius 1 is 0.941 bits per heavy atom. The van der Waals surface area contributed by atoms with E-state index in [4.69, 9.17) is 34.7 Å². The molecule has 0 aliphatic heterocycles. The highest BCUT2D eigenvalue weighted by atomic mass is 35.5. The Morgan fingerprint density at radius 2 is 1.65 bits per heavy atom. The van der Waals surface area contributed by atoms with E-state index in [-0.39, 0.29) is 33.7 Å². The Kier molecular flexibility index (Phi) is 8.51. The lowest BCUT2D eigenvalue weighted by Crippen LogP contribution is -2.46. The molecule has 178 valence electrons. The smallest absolute Gasteiger partial charge is 0.280 e. The van der Waals surface area contributed by atoms with E-state index in [9.17, 15) is 18.0 Å². The number of carbonyl (C=O) groups is 1. The fourth-order valence-corrected chi connectivity index (χ4v) is 3.35. The molecule has 0 saturated heterocycles. The van der Waals surface area contributed by atoms with Crippen molar-refractivity contribution in [3.05, 3.63) is 99.3 Å². The molecule has 0 spiro atoms. The van der Waals surface area contributed by atoms with Gasteiger partial charge in [0, 0.05) is 22.3 Å². The fraction of sp³-hybridized carbons (Fsp3) is 0.130. The number of halogens is 5. The first-order valence-corrected chi connectivity index (χ1v) is 10.7. The van der Waals surface area contributed by atoms with Crippen LogP contribution in [-0.2, 0) is 0 Å². The van der Waals surface area contributed by atoms with Crippen molar-refractivity contribution in [3.63, 3.8) is 0 Å². The number of hydrogen-bond acceptors (Lipinski definition) is 3. The topological polar surface area (TPSA) is 106 Å². The van der Waals surface area contributed by atoms with Gasteiger partial charge in [0.2, 0.25) is 5.96 Å². The van der Waals surface area contributed by atoms with Gasteiger partial charge in [-0.1, -0.05) is 35.3 Å². The normalized spacial score (nSPS) is 13.3. The standard InChI is InChI=1S/C23H20Cl2F3N5O/c24-14-8-16(27)10-17(9-14)31-23(33-22(34)13-3-6-18(25)19(28)7-13)32-21(30)11-20(29)12-1-4-15(26)5-2-12/h1-10,20-21H,11,29-30H2,(H2,31,32,33,34). The number of nitrogens with two attached hydrogens (primary N) is 2. The number of guanidine groups is 1. The SMILES string of the molecule is NC(CC(N)c1ccc(F)cc1)N/C(=N\C(=O)c1ccc(Cl)c(F)c1)Nc1cc(F)cc(Cl)c1. The molecule has 11 heteroatoms. The fourth-order valence-electron chi connectivity index (χ4n) is 3.01. The summed E-state index contributed by atoms with van der Waals surface area (Å²) in [5, 5.41) is 5.50. The number of rotatable bonds is 6. The van der Waals surface area contributed by atoms with Gasteiger partial charge in [0.1, 0.15) is 17.5 Å². The van der Waals surface area contributed by atoms with Crippen molar-refractivity contribution < 1.29 is 18.0 Å². The van der Waals surface area contributed by atoms with E-state index in [0.717, 1.165) is 18.2 Å². The Bertz CT molecular complexity index is 1190. The zero-order valence-corrected chi connectivity index (χ0v) is 19.0. The molecule has 0 radical (unpaired) electrons. The molecule has 2 atom stereocenters. The third kappa shape index (κ3) is 7.19. The van der Waals surface area contributed by atoms with Crippen molar-refractivity contribution in [1.82, 2.24) is 5.32 Å². The minimum Gasteiger partial charge on any atom is -0.341 e. The molecule has 0 bridgehead atoms. The predicted octanol–water partition coefficient (Wildman–Crippen LogP) is 4.98. The molecule has 0 fully saturated rings. The lowest BCUT2D eigenvalue weighted by atomic mass is 10.0. The number of amides is 1. The predicted molar refractivity (Wildman–Crippen MR) is 127 cm³/mol. The maximum Gasteiger partial charge on any atom is 0.280 e. The average Bonchev–Trinajstić information content (AvgIpc) is 2.75. The Balaban J connectivity index is 1.82. The van der Waals surface area contributed by atoms with Gasteiger partial charge < -0.3 is 22.1 Å². The van der Waals surface area contributed by atoms with Gasteiger partial charge in [-0.3, -0.25) is 4.79 Å². The largest absolute Gasteiger partial charge is 0.341 e. The molecule has 1 amide bonds. The van der Waals surface area contributed by atoms with Crippen LogP contribution in [0.1, 0.15) is 28.4 Å². The van der Waals surface area contributed by atoms with E-state index >= 15 is 0 Å². The van der Waals surface area contributed by atoms with Gasteiger partial charge in [-0.2, -0.15) is 4.99 Å². The highest BCUT2D eigenvalue weighted by Crippen LogP contribution is 2.20. The molecule has 3 aromatic rings. The van der Waals surface area contributed by atoms with Crippen LogP contribution in [-0.4, -0.2) is 18.0 Å². The molecule has 6 N–H and O–H groups in total. The van der Waals surface area contributed by atoms with E-state index in [1.165, 1.54) is 42.5 Å². The highest BCUT2D eigenvalue weighted by molar-refractivity contribution is 6.31. The molecule has 2 unspecified atom stereocenters. The zero-order chi connectivity index (χ0) is 24.8. The molecule has 34 heavy (non-hydrogen) atoms. The average molecular weight is 510 g/mol. The highest BCUT2D eigenvalue weighted by Gasteiger charge is 2.16. The van der Waals surface area contributed by atoms with Crippen LogP contribution in [0.3, 0.4) is 0 Å². The maximum atomic E-state index is 13.8. The second kappa shape index (κ2) is 11.3. The number of benzene rings is 3. The molecular weight excluding hydrogens is 490 g/mol. The van der Waals surface area contributed by atoms with Gasteiger partial charge >= 0.3 is 0 Å². The molecule has 3 aromatic carbocycles. The monoisotopic (exact) mass is 509 g/mol. The van der Waals surface area contributed by atoms with Crippen molar-refractivity contribution in [3.8, 4) is 0 Å². The van der Waals surface area contributed by atoms with E-state index < -0.39 is 35.6 Å². The Morgan fingerprint density at radius 3 is 2.29 bits per heavy atom. The summed E-state index contributed by atoms with van der Waals surface area (Å²) in [4.78, 5) is 16.5. The van der Waals surface area contributed by atoms with E-state index in [2.05, 4.69) is 15.6 Å². The Labute approximate surface area is 203 Å². The second-order valence-corrected chi connectivity index (χ2v) is 8.17. The van der Waals surface area contributed by atoms with Gasteiger partial charge in [-0.25, -0.2) is 13.2 Å². The van der Waals surface area contributed by atoms with Crippen LogP contribution in [0.4, 0.5) is 18.9 Å². The van der Waals surface area contributed by atoms with Crippen LogP contribution in [0.15, 0.2) is 65.7 Å². The molecule has 0 aromatic heterocycles. The first-order chi connectivity index (χ1) is 16.1. The molecular formula is C23H20Cl2F3N5O. The third-order valence-corrected chi connectivity index (χ3v) is 5.16. The van der Waals surface area contributed by atoms with E-state index in [1.54, 1.807) is 0 Å². The van der Waals surface area contributed by atoms with Crippen molar-refractivity contribution in [2.75, 3.05) is 5.32 Å². The number of nitrogens with one attached hydrogen (secondary N) is 2. The van der Waals surface area contributed by atoms with Crippen molar-refractivity contribution in [2.24, 2.45) is 16.5 Å². The Hall–Kier alpha value is -3.11. The van der Waals surface area contributed by atoms with Crippen LogP contribution >= 0.6 is 23.2 Å². The van der Waals surface area contributed by atoms with Crippen LogP contribution in [0.5, 0.6) is 0 Å². The molecule has 6 nitrogen and oxygen atoms in total. The summed E-state index contributed by atoms with van der Waals surface area (Å²) in [7, 11) is 0. The van der Waals surface area contributed by atoms with Gasteiger partial charge in [-0.15, -0.1) is 0 Å². The summed E-state index contributed by atoms with van der Waals surface area (Å²) in [6.45, 7) is 0. The van der Waals surface area contributed by atoms with Gasteiger partial charge in [0.05, 0.1) is 11.2 Å². The summed E-state index contributed by atoms with van der Waals surface area (Å²) in [5.41, 5.74) is 13.0. The third-order valence-electron chi connectivity index (χ3n) is 4.63. The number of anilines is 1. The minimum absolute atomic E-state index is 0.0724. The first kappa shape index (κ1) is 25.5.